The zero-order chi connectivity index (χ0) is 15.0. The molecule has 0 bridgehead atoms. The second-order valence-electron chi connectivity index (χ2n) is 6.03. The lowest BCUT2D eigenvalue weighted by molar-refractivity contribution is -0.148. The molecule has 1 aliphatic carbocycles. The molecule has 1 aliphatic heterocycles. The molecule has 5 nitrogen and oxygen atoms in total. The maximum atomic E-state index is 12.6. The van der Waals surface area contributed by atoms with Crippen LogP contribution in [0.4, 0.5) is 0 Å². The molecular weight excluding hydrogens is 266 g/mol. The Labute approximate surface area is 124 Å². The molecule has 5 heteroatoms. The van der Waals surface area contributed by atoms with Crippen molar-refractivity contribution in [3.63, 3.8) is 0 Å². The average molecular weight is 287 g/mol. The minimum absolute atomic E-state index is 0.0476. The summed E-state index contributed by atoms with van der Waals surface area (Å²) in [6.45, 7) is 2.66. The summed E-state index contributed by atoms with van der Waals surface area (Å²) in [5, 5.41) is 0. The molecule has 1 aromatic rings. The normalized spacial score (nSPS) is 21.4. The molecular formula is C16H21N3O2. The minimum atomic E-state index is -0.0482. The predicted molar refractivity (Wildman–Crippen MR) is 78.4 cm³/mol. The quantitative estimate of drug-likeness (QED) is 0.826. The van der Waals surface area contributed by atoms with Crippen molar-refractivity contribution in [2.24, 2.45) is 5.92 Å². The Bertz CT molecular complexity index is 566. The van der Waals surface area contributed by atoms with Crippen molar-refractivity contribution >= 4 is 11.8 Å². The fourth-order valence-electron chi connectivity index (χ4n) is 3.30. The van der Waals surface area contributed by atoms with E-state index in [-0.39, 0.29) is 23.8 Å². The molecule has 1 fully saturated rings. The Hall–Kier alpha value is -1.91. The molecule has 1 saturated heterocycles. The number of aryl methyl sites for hydroxylation is 1. The van der Waals surface area contributed by atoms with Crippen molar-refractivity contribution < 1.29 is 9.59 Å². The largest absolute Gasteiger partial charge is 0.341 e. The molecule has 1 unspecified atom stereocenters. The van der Waals surface area contributed by atoms with Crippen molar-refractivity contribution in [1.82, 2.24) is 14.8 Å². The van der Waals surface area contributed by atoms with Crippen molar-refractivity contribution in [2.75, 3.05) is 20.1 Å². The zero-order valence-electron chi connectivity index (χ0n) is 12.6. The van der Waals surface area contributed by atoms with Crippen LogP contribution in [0.5, 0.6) is 0 Å². The van der Waals surface area contributed by atoms with E-state index in [1.54, 1.807) is 18.0 Å². The molecule has 0 spiro atoms. The molecule has 2 heterocycles. The van der Waals surface area contributed by atoms with Crippen LogP contribution in [0.1, 0.15) is 37.1 Å². The molecule has 0 radical (unpaired) electrons. The molecule has 2 amide bonds. The number of pyridine rings is 1. The number of hydrogen-bond acceptors (Lipinski definition) is 3. The van der Waals surface area contributed by atoms with Crippen LogP contribution < -0.4 is 0 Å². The van der Waals surface area contributed by atoms with E-state index in [0.717, 1.165) is 25.0 Å². The van der Waals surface area contributed by atoms with Gasteiger partial charge in [0.1, 0.15) is 0 Å². The lowest BCUT2D eigenvalue weighted by atomic mass is 9.89. The fourth-order valence-corrected chi connectivity index (χ4v) is 3.30. The molecule has 21 heavy (non-hydrogen) atoms. The third-order valence-electron chi connectivity index (χ3n) is 4.66. The number of hydrogen-bond donors (Lipinski definition) is 0. The highest BCUT2D eigenvalue weighted by atomic mass is 16.2. The maximum Gasteiger partial charge on any atom is 0.229 e. The number of fused-ring (bicyclic) bond motifs is 1. The predicted octanol–water partition coefficient (Wildman–Crippen LogP) is 1.40. The second-order valence-corrected chi connectivity index (χ2v) is 6.03. The summed E-state index contributed by atoms with van der Waals surface area (Å²) in [5.74, 6) is 0.135. The van der Waals surface area contributed by atoms with E-state index >= 15 is 0 Å². The number of rotatable bonds is 2. The Morgan fingerprint density at radius 2 is 2.14 bits per heavy atom. The molecule has 2 aliphatic rings. The number of carbonyl (C=O) groups is 2. The number of nitrogens with zero attached hydrogens (tertiary/aromatic N) is 3. The first-order valence-corrected chi connectivity index (χ1v) is 7.54. The van der Waals surface area contributed by atoms with E-state index in [4.69, 9.17) is 0 Å². The molecule has 0 aromatic carbocycles. The van der Waals surface area contributed by atoms with Crippen molar-refractivity contribution in [2.45, 2.75) is 32.2 Å². The summed E-state index contributed by atoms with van der Waals surface area (Å²) in [4.78, 5) is 31.8. The van der Waals surface area contributed by atoms with Gasteiger partial charge in [-0.25, -0.2) is 0 Å². The smallest absolute Gasteiger partial charge is 0.229 e. The monoisotopic (exact) mass is 287 g/mol. The van der Waals surface area contributed by atoms with Gasteiger partial charge in [-0.2, -0.15) is 0 Å². The first-order valence-electron chi connectivity index (χ1n) is 7.54. The van der Waals surface area contributed by atoms with E-state index in [9.17, 15) is 9.59 Å². The molecule has 1 atom stereocenters. The summed E-state index contributed by atoms with van der Waals surface area (Å²) in [6, 6.07) is 4.14. The van der Waals surface area contributed by atoms with Crippen LogP contribution in [0.25, 0.3) is 0 Å². The topological polar surface area (TPSA) is 53.5 Å². The highest BCUT2D eigenvalue weighted by molar-refractivity contribution is 5.83. The van der Waals surface area contributed by atoms with Gasteiger partial charge in [0.05, 0.1) is 17.7 Å². The average Bonchev–Trinajstić information content (AvgIpc) is 2.43. The lowest BCUT2D eigenvalue weighted by Crippen LogP contribution is -2.55. The van der Waals surface area contributed by atoms with E-state index in [1.165, 1.54) is 5.56 Å². The molecule has 3 rings (SSSR count). The Kier molecular flexibility index (Phi) is 3.66. The van der Waals surface area contributed by atoms with Gasteiger partial charge in [-0.15, -0.1) is 0 Å². The summed E-state index contributed by atoms with van der Waals surface area (Å²) >= 11 is 0. The van der Waals surface area contributed by atoms with Gasteiger partial charge in [0.2, 0.25) is 11.8 Å². The van der Waals surface area contributed by atoms with Gasteiger partial charge in [0, 0.05) is 33.3 Å². The molecule has 1 aromatic heterocycles. The van der Waals surface area contributed by atoms with Gasteiger partial charge in [-0.3, -0.25) is 14.6 Å². The number of amides is 2. The first kappa shape index (κ1) is 14.0. The zero-order valence-corrected chi connectivity index (χ0v) is 12.6. The number of aromatic nitrogens is 1. The summed E-state index contributed by atoms with van der Waals surface area (Å²) in [5.41, 5.74) is 2.30. The molecule has 0 N–H and O–H groups in total. The Balaban J connectivity index is 1.70. The van der Waals surface area contributed by atoms with Crippen LogP contribution in [-0.4, -0.2) is 46.7 Å². The highest BCUT2D eigenvalue weighted by Gasteiger charge is 2.38. The van der Waals surface area contributed by atoms with Crippen LogP contribution in [0.2, 0.25) is 0 Å². The van der Waals surface area contributed by atoms with Gasteiger partial charge in [0.25, 0.3) is 0 Å². The van der Waals surface area contributed by atoms with Crippen molar-refractivity contribution in [1.29, 1.82) is 0 Å². The Morgan fingerprint density at radius 3 is 2.86 bits per heavy atom. The fraction of sp³-hybridized carbons (Fsp3) is 0.562. The van der Waals surface area contributed by atoms with Crippen LogP contribution in [0.15, 0.2) is 18.3 Å². The molecule has 0 saturated carbocycles. The summed E-state index contributed by atoms with van der Waals surface area (Å²) < 4.78 is 0. The van der Waals surface area contributed by atoms with Gasteiger partial charge in [-0.1, -0.05) is 6.07 Å². The maximum absolute atomic E-state index is 12.6. The standard InChI is InChI=1S/C16H21N3O2/c1-11(20)19-9-13(10-19)16(21)18(2)14-7-3-5-12-6-4-8-17-15(12)14/h4,6,8,13-14H,3,5,7,9-10H2,1-2H3. The van der Waals surface area contributed by atoms with Crippen molar-refractivity contribution in [3.05, 3.63) is 29.6 Å². The highest BCUT2D eigenvalue weighted by Crippen LogP contribution is 2.33. The van der Waals surface area contributed by atoms with E-state index in [1.807, 2.05) is 18.0 Å². The Morgan fingerprint density at radius 1 is 1.38 bits per heavy atom. The molecule has 112 valence electrons. The third kappa shape index (κ3) is 2.52. The number of carbonyl (C=O) groups excluding carboxylic acids is 2. The lowest BCUT2D eigenvalue weighted by Gasteiger charge is -2.41. The van der Waals surface area contributed by atoms with Crippen LogP contribution in [0.3, 0.4) is 0 Å². The van der Waals surface area contributed by atoms with Crippen LogP contribution in [-0.2, 0) is 16.0 Å². The van der Waals surface area contributed by atoms with Crippen LogP contribution >= 0.6 is 0 Å². The van der Waals surface area contributed by atoms with Gasteiger partial charge >= 0.3 is 0 Å². The SMILES string of the molecule is CC(=O)N1CC(C(=O)N(C)C2CCCc3cccnc32)C1. The van der Waals surface area contributed by atoms with Crippen LogP contribution in [0, 0.1) is 5.92 Å². The van der Waals surface area contributed by atoms with Gasteiger partial charge < -0.3 is 9.80 Å². The van der Waals surface area contributed by atoms with E-state index < -0.39 is 0 Å². The second kappa shape index (κ2) is 5.47. The summed E-state index contributed by atoms with van der Waals surface area (Å²) in [6.07, 6.45) is 4.90. The number of likely N-dealkylation sites (tertiary alicyclic amines) is 1. The van der Waals surface area contributed by atoms with Gasteiger partial charge in [-0.05, 0) is 30.9 Å². The summed E-state index contributed by atoms with van der Waals surface area (Å²) in [7, 11) is 1.87. The van der Waals surface area contributed by atoms with Crippen molar-refractivity contribution in [3.8, 4) is 0 Å². The van der Waals surface area contributed by atoms with E-state index in [2.05, 4.69) is 11.1 Å². The first-order chi connectivity index (χ1) is 10.1. The van der Waals surface area contributed by atoms with Gasteiger partial charge in [0.15, 0.2) is 0 Å². The minimum Gasteiger partial charge on any atom is -0.341 e. The van der Waals surface area contributed by atoms with E-state index in [0.29, 0.717) is 13.1 Å². The third-order valence-corrected chi connectivity index (χ3v) is 4.66.